The number of rotatable bonds is 35. The Kier molecular flexibility index (Phi) is 43.5. The van der Waals surface area contributed by atoms with Gasteiger partial charge in [0.05, 0.1) is 81.1 Å². The Balaban J connectivity index is -0.00000308. The quantitative estimate of drug-likeness (QED) is 0.0681. The van der Waals surface area contributed by atoms with E-state index in [4.69, 9.17) is 0 Å². The average molecular weight is 865 g/mol. The van der Waals surface area contributed by atoms with E-state index >= 15 is 0 Å². The lowest BCUT2D eigenvalue weighted by Crippen LogP contribution is -3.00. The molecule has 0 atom stereocenters. The number of hydrogen-bond acceptors (Lipinski definition) is 0. The van der Waals surface area contributed by atoms with Crippen LogP contribution in [0.25, 0.3) is 0 Å². The third-order valence-electron chi connectivity index (χ3n) is 10.7. The van der Waals surface area contributed by atoms with Gasteiger partial charge < -0.3 is 64.4 Å². The molecule has 0 fully saturated rings. The van der Waals surface area contributed by atoms with Gasteiger partial charge in [-0.3, -0.25) is 0 Å². The van der Waals surface area contributed by atoms with Crippen molar-refractivity contribution in [1.82, 2.24) is 0 Å². The Bertz CT molecular complexity index is 562. The van der Waals surface area contributed by atoms with Gasteiger partial charge in [-0.25, -0.2) is 0 Å². The van der Waals surface area contributed by atoms with Crippen molar-refractivity contribution in [1.29, 1.82) is 0 Å². The van der Waals surface area contributed by atoms with Crippen LogP contribution in [-0.4, -0.2) is 94.5 Å². The molecule has 0 aromatic carbocycles. The molecule has 0 aliphatic heterocycles. The monoisotopic (exact) mass is 861 g/mol. The predicted octanol–water partition coefficient (Wildman–Crippen LogP) is 2.80. The van der Waals surface area contributed by atoms with Gasteiger partial charge in [-0.15, -0.1) is 0 Å². The van der Waals surface area contributed by atoms with Gasteiger partial charge in [0.1, 0.15) is 0 Å². The standard InChI is InChI=1S/C41H90N3.3BrH/c1-9-12-15-18-21-24-27-30-35-42(4,5)37-33-40-44(8,39-32-29-26-23-20-17-14-11-3)41-34-38-43(6,7)36-31-28-25-22-19-16-13-10-2;;;/h9-41H2,1-8H3;3*1H/q+3;;;/p-3. The van der Waals surface area contributed by atoms with Crippen LogP contribution in [0.1, 0.15) is 188 Å². The van der Waals surface area contributed by atoms with Gasteiger partial charge in [-0.05, 0) is 38.5 Å². The highest BCUT2D eigenvalue weighted by Crippen LogP contribution is 2.17. The van der Waals surface area contributed by atoms with E-state index in [0.717, 1.165) is 0 Å². The van der Waals surface area contributed by atoms with E-state index in [2.05, 4.69) is 56.0 Å². The van der Waals surface area contributed by atoms with Crippen molar-refractivity contribution in [2.45, 2.75) is 188 Å². The van der Waals surface area contributed by atoms with Gasteiger partial charge in [-0.2, -0.15) is 0 Å². The Morgan fingerprint density at radius 2 is 0.426 bits per heavy atom. The van der Waals surface area contributed by atoms with Gasteiger partial charge >= 0.3 is 0 Å². The van der Waals surface area contributed by atoms with Gasteiger partial charge in [0.15, 0.2) is 0 Å². The molecule has 0 bridgehead atoms. The van der Waals surface area contributed by atoms with Crippen molar-refractivity contribution in [2.24, 2.45) is 0 Å². The molecule has 0 amide bonds. The van der Waals surface area contributed by atoms with Gasteiger partial charge in [-0.1, -0.05) is 136 Å². The molecule has 0 aromatic rings. The van der Waals surface area contributed by atoms with E-state index < -0.39 is 0 Å². The maximum Gasteiger partial charge on any atom is 0.0839 e. The molecule has 0 aromatic heterocycles. The highest BCUT2D eigenvalue weighted by Gasteiger charge is 2.25. The summed E-state index contributed by atoms with van der Waals surface area (Å²) in [4.78, 5) is 0. The van der Waals surface area contributed by atoms with E-state index in [-0.39, 0.29) is 50.9 Å². The molecule has 47 heavy (non-hydrogen) atoms. The van der Waals surface area contributed by atoms with E-state index in [0.29, 0.717) is 0 Å². The molecule has 3 nitrogen and oxygen atoms in total. The second kappa shape index (κ2) is 37.1. The van der Waals surface area contributed by atoms with Gasteiger partial charge in [0, 0.05) is 12.8 Å². The highest BCUT2D eigenvalue weighted by molar-refractivity contribution is 4.52. The summed E-state index contributed by atoms with van der Waals surface area (Å²) < 4.78 is 3.75. The SMILES string of the molecule is CCCCCCCCCC[N+](C)(C)CCC[N+](C)(CCCCCCCCCC)CCC[N+](C)(C)CCCCCCCCCC.[Br-].[Br-].[Br-]. The molecule has 0 aliphatic carbocycles. The zero-order valence-electron chi connectivity index (χ0n) is 33.8. The van der Waals surface area contributed by atoms with E-state index in [1.165, 1.54) is 226 Å². The first-order chi connectivity index (χ1) is 21.1. The molecular formula is C41H90Br3N3. The molecule has 0 N–H and O–H groups in total. The van der Waals surface area contributed by atoms with E-state index in [9.17, 15) is 0 Å². The summed E-state index contributed by atoms with van der Waals surface area (Å²) in [5, 5.41) is 0. The molecule has 0 rings (SSSR count). The number of quaternary nitrogens is 3. The summed E-state index contributed by atoms with van der Waals surface area (Å²) >= 11 is 0. The first-order valence-electron chi connectivity index (χ1n) is 20.6. The first-order valence-corrected chi connectivity index (χ1v) is 20.6. The smallest absolute Gasteiger partial charge is 0.0839 e. The third-order valence-corrected chi connectivity index (χ3v) is 10.7. The second-order valence-electron chi connectivity index (χ2n) is 16.7. The van der Waals surface area contributed by atoms with Crippen molar-refractivity contribution in [3.05, 3.63) is 0 Å². The average Bonchev–Trinajstić information content (AvgIpc) is 2.97. The molecule has 0 aliphatic rings. The largest absolute Gasteiger partial charge is 1.00 e. The molecule has 0 heterocycles. The Morgan fingerprint density at radius 1 is 0.234 bits per heavy atom. The van der Waals surface area contributed by atoms with Crippen molar-refractivity contribution in [2.75, 3.05) is 81.1 Å². The fraction of sp³-hybridized carbons (Fsp3) is 1.00. The molecule has 0 radical (unpaired) electrons. The molecule has 0 saturated carbocycles. The normalized spacial score (nSPS) is 12.0. The van der Waals surface area contributed by atoms with E-state index in [1.54, 1.807) is 0 Å². The zero-order valence-corrected chi connectivity index (χ0v) is 38.6. The van der Waals surface area contributed by atoms with Crippen LogP contribution >= 0.6 is 0 Å². The Morgan fingerprint density at radius 3 is 0.702 bits per heavy atom. The third kappa shape index (κ3) is 38.4. The summed E-state index contributed by atoms with van der Waals surface area (Å²) in [5.41, 5.74) is 0. The molecule has 0 saturated heterocycles. The number of hydrogen-bond donors (Lipinski definition) is 0. The molecule has 290 valence electrons. The summed E-state index contributed by atoms with van der Waals surface area (Å²) in [6.45, 7) is 16.5. The molecule has 0 unspecified atom stereocenters. The fourth-order valence-corrected chi connectivity index (χ4v) is 7.29. The van der Waals surface area contributed by atoms with Crippen molar-refractivity contribution < 1.29 is 64.4 Å². The summed E-state index contributed by atoms with van der Waals surface area (Å²) in [6.07, 6.45) is 37.1. The van der Waals surface area contributed by atoms with Crippen LogP contribution in [0.5, 0.6) is 0 Å². The zero-order chi connectivity index (χ0) is 32.8. The second-order valence-corrected chi connectivity index (χ2v) is 16.7. The number of unbranched alkanes of at least 4 members (excludes halogenated alkanes) is 21. The maximum absolute atomic E-state index is 2.61. The minimum Gasteiger partial charge on any atom is -1.00 e. The summed E-state index contributed by atoms with van der Waals surface area (Å²) in [7, 11) is 12.6. The van der Waals surface area contributed by atoms with Crippen molar-refractivity contribution in [3.8, 4) is 0 Å². The minimum atomic E-state index is 0. The fourth-order valence-electron chi connectivity index (χ4n) is 7.29. The van der Waals surface area contributed by atoms with Crippen molar-refractivity contribution in [3.63, 3.8) is 0 Å². The van der Waals surface area contributed by atoms with Crippen LogP contribution in [-0.2, 0) is 0 Å². The van der Waals surface area contributed by atoms with Crippen LogP contribution < -0.4 is 50.9 Å². The molecule has 0 spiro atoms. The van der Waals surface area contributed by atoms with Crippen LogP contribution in [0, 0.1) is 0 Å². The number of halogens is 3. The lowest BCUT2D eigenvalue weighted by molar-refractivity contribution is -0.928. The summed E-state index contributed by atoms with van der Waals surface area (Å²) in [5.74, 6) is 0. The Hall–Kier alpha value is 1.32. The van der Waals surface area contributed by atoms with Crippen LogP contribution in [0.15, 0.2) is 0 Å². The lowest BCUT2D eigenvalue weighted by atomic mass is 10.1. The predicted molar refractivity (Wildman–Crippen MR) is 202 cm³/mol. The molecule has 6 heteroatoms. The minimum absolute atomic E-state index is 0. The molecular weight excluding hydrogens is 774 g/mol. The van der Waals surface area contributed by atoms with E-state index in [1.807, 2.05) is 0 Å². The number of nitrogens with zero attached hydrogens (tertiary/aromatic N) is 3. The topological polar surface area (TPSA) is 0 Å². The highest BCUT2D eigenvalue weighted by atomic mass is 79.9. The lowest BCUT2D eigenvalue weighted by Gasteiger charge is -2.38. The first kappa shape index (κ1) is 55.1. The maximum atomic E-state index is 2.61. The van der Waals surface area contributed by atoms with Crippen LogP contribution in [0.3, 0.4) is 0 Å². The van der Waals surface area contributed by atoms with Gasteiger partial charge in [0.2, 0.25) is 0 Å². The Labute approximate surface area is 331 Å². The van der Waals surface area contributed by atoms with Crippen molar-refractivity contribution >= 4 is 0 Å². The van der Waals surface area contributed by atoms with Gasteiger partial charge in [0.25, 0.3) is 0 Å². The van der Waals surface area contributed by atoms with Crippen LogP contribution in [0.2, 0.25) is 0 Å². The summed E-state index contributed by atoms with van der Waals surface area (Å²) in [6, 6.07) is 0. The van der Waals surface area contributed by atoms with Crippen LogP contribution in [0.4, 0.5) is 0 Å².